The van der Waals surface area contributed by atoms with Crippen molar-refractivity contribution < 1.29 is 9.72 Å². The van der Waals surface area contributed by atoms with E-state index in [1.165, 1.54) is 11.3 Å². The van der Waals surface area contributed by atoms with E-state index in [1.54, 1.807) is 0 Å². The topological polar surface area (TPSA) is 60.2 Å². The van der Waals surface area contributed by atoms with Crippen LogP contribution in [0.1, 0.15) is 36.5 Å². The number of nitrogens with zero attached hydrogens (tertiary/aromatic N) is 1. The van der Waals surface area contributed by atoms with E-state index in [0.29, 0.717) is 6.42 Å². The number of rotatable bonds is 4. The van der Waals surface area contributed by atoms with Crippen LogP contribution < -0.4 is 0 Å². The Balaban J connectivity index is 2.20. The zero-order chi connectivity index (χ0) is 12.3. The molecule has 92 valence electrons. The largest absolute Gasteiger partial charge is 0.299 e. The molecule has 0 aliphatic heterocycles. The summed E-state index contributed by atoms with van der Waals surface area (Å²) in [7, 11) is 0. The van der Waals surface area contributed by atoms with Gasteiger partial charge in [-0.1, -0.05) is 12.5 Å². The number of carbonyl (C=O) groups excluding carboxylic acids is 1. The first-order valence-electron chi connectivity index (χ1n) is 5.86. The third-order valence-electron chi connectivity index (χ3n) is 3.34. The van der Waals surface area contributed by atoms with Crippen LogP contribution in [-0.4, -0.2) is 17.3 Å². The molecule has 0 N–H and O–H groups in total. The number of hydrogen-bond donors (Lipinski definition) is 0. The normalized spacial score (nSPS) is 22.4. The molecule has 0 radical (unpaired) electrons. The van der Waals surface area contributed by atoms with E-state index in [2.05, 4.69) is 0 Å². The molecule has 0 aromatic carbocycles. The Morgan fingerprint density at radius 2 is 2.35 bits per heavy atom. The van der Waals surface area contributed by atoms with Crippen LogP contribution >= 0.6 is 11.3 Å². The molecule has 5 heteroatoms. The average Bonchev–Trinajstić information content (AvgIpc) is 2.80. The maximum absolute atomic E-state index is 11.9. The van der Waals surface area contributed by atoms with Crippen molar-refractivity contribution in [2.75, 3.05) is 6.54 Å². The molecule has 1 aliphatic carbocycles. The maximum Gasteiger partial charge on any atom is 0.212 e. The molecular formula is C12H15NO3S. The highest BCUT2D eigenvalue weighted by atomic mass is 32.1. The van der Waals surface area contributed by atoms with Crippen molar-refractivity contribution >= 4 is 17.1 Å². The Morgan fingerprint density at radius 3 is 2.94 bits per heavy atom. The molecule has 1 fully saturated rings. The summed E-state index contributed by atoms with van der Waals surface area (Å²) in [5.74, 6) is -0.165. The molecule has 1 aliphatic rings. The van der Waals surface area contributed by atoms with Crippen molar-refractivity contribution in [3.05, 3.63) is 32.5 Å². The lowest BCUT2D eigenvalue weighted by Gasteiger charge is -2.25. The van der Waals surface area contributed by atoms with Crippen LogP contribution in [0.5, 0.6) is 0 Å². The minimum absolute atomic E-state index is 0.128. The summed E-state index contributed by atoms with van der Waals surface area (Å²) in [6.07, 6.45) is 3.33. The van der Waals surface area contributed by atoms with E-state index in [-0.39, 0.29) is 29.1 Å². The molecule has 0 bridgehead atoms. The van der Waals surface area contributed by atoms with E-state index >= 15 is 0 Å². The van der Waals surface area contributed by atoms with Crippen LogP contribution in [0.3, 0.4) is 0 Å². The van der Waals surface area contributed by atoms with E-state index in [0.717, 1.165) is 24.1 Å². The van der Waals surface area contributed by atoms with Gasteiger partial charge >= 0.3 is 0 Å². The first kappa shape index (κ1) is 12.2. The first-order valence-corrected chi connectivity index (χ1v) is 6.74. The number of hydrogen-bond acceptors (Lipinski definition) is 4. The van der Waals surface area contributed by atoms with E-state index in [4.69, 9.17) is 0 Å². The quantitative estimate of drug-likeness (QED) is 0.612. The summed E-state index contributed by atoms with van der Waals surface area (Å²) in [6.45, 7) is -0.128. The Hall–Kier alpha value is -1.23. The van der Waals surface area contributed by atoms with Gasteiger partial charge in [0.25, 0.3) is 0 Å². The van der Waals surface area contributed by atoms with Crippen LogP contribution in [0, 0.1) is 16.0 Å². The molecule has 1 aromatic rings. The summed E-state index contributed by atoms with van der Waals surface area (Å²) < 4.78 is 0. The van der Waals surface area contributed by atoms with Crippen molar-refractivity contribution in [1.82, 2.24) is 0 Å². The Labute approximate surface area is 104 Å². The number of carbonyl (C=O) groups is 1. The standard InChI is InChI=1S/C12H15NO3S/c14-11-5-2-1-4-9(11)10(8-13(15)16)12-6-3-7-17-12/h3,6-7,9-10H,1-2,4-5,8H2/t9?,10-/m1/s1. The monoisotopic (exact) mass is 253 g/mol. The Kier molecular flexibility index (Phi) is 3.89. The smallest absolute Gasteiger partial charge is 0.212 e. The Morgan fingerprint density at radius 1 is 1.53 bits per heavy atom. The van der Waals surface area contributed by atoms with Gasteiger partial charge in [0.2, 0.25) is 6.54 Å². The molecule has 1 aromatic heterocycles. The molecule has 4 nitrogen and oxygen atoms in total. The van der Waals surface area contributed by atoms with Gasteiger partial charge in [0.1, 0.15) is 5.78 Å². The van der Waals surface area contributed by atoms with Gasteiger partial charge in [0.15, 0.2) is 0 Å². The van der Waals surface area contributed by atoms with Gasteiger partial charge in [-0.15, -0.1) is 11.3 Å². The van der Waals surface area contributed by atoms with Gasteiger partial charge in [-0.25, -0.2) is 0 Å². The molecule has 1 unspecified atom stereocenters. The van der Waals surface area contributed by atoms with E-state index in [1.807, 2.05) is 17.5 Å². The molecule has 0 saturated heterocycles. The van der Waals surface area contributed by atoms with Crippen molar-refractivity contribution in [1.29, 1.82) is 0 Å². The summed E-state index contributed by atoms with van der Waals surface area (Å²) in [5, 5.41) is 12.7. The second-order valence-electron chi connectivity index (χ2n) is 4.46. The fraction of sp³-hybridized carbons (Fsp3) is 0.583. The molecule has 1 heterocycles. The van der Waals surface area contributed by atoms with Gasteiger partial charge < -0.3 is 0 Å². The van der Waals surface area contributed by atoms with Gasteiger partial charge in [0, 0.05) is 22.1 Å². The van der Waals surface area contributed by atoms with Crippen LogP contribution in [-0.2, 0) is 4.79 Å². The van der Waals surface area contributed by atoms with E-state index < -0.39 is 0 Å². The molecule has 0 spiro atoms. The van der Waals surface area contributed by atoms with Crippen molar-refractivity contribution in [2.45, 2.75) is 31.6 Å². The lowest BCUT2D eigenvalue weighted by molar-refractivity contribution is -0.484. The molecule has 0 amide bonds. The minimum atomic E-state index is -0.299. The van der Waals surface area contributed by atoms with Crippen LogP contribution in [0.2, 0.25) is 0 Å². The zero-order valence-corrected chi connectivity index (χ0v) is 10.3. The third kappa shape index (κ3) is 2.91. The molecular weight excluding hydrogens is 238 g/mol. The fourth-order valence-electron chi connectivity index (χ4n) is 2.51. The van der Waals surface area contributed by atoms with Crippen LogP contribution in [0.25, 0.3) is 0 Å². The molecule has 2 rings (SSSR count). The molecule has 17 heavy (non-hydrogen) atoms. The van der Waals surface area contributed by atoms with Gasteiger partial charge in [-0.2, -0.15) is 0 Å². The maximum atomic E-state index is 11.9. The fourth-order valence-corrected chi connectivity index (χ4v) is 3.40. The predicted molar refractivity (Wildman–Crippen MR) is 65.9 cm³/mol. The van der Waals surface area contributed by atoms with Crippen molar-refractivity contribution in [3.8, 4) is 0 Å². The van der Waals surface area contributed by atoms with Crippen molar-refractivity contribution in [2.24, 2.45) is 5.92 Å². The van der Waals surface area contributed by atoms with Gasteiger partial charge in [-0.3, -0.25) is 14.9 Å². The highest BCUT2D eigenvalue weighted by molar-refractivity contribution is 7.10. The molecule has 1 saturated carbocycles. The van der Waals surface area contributed by atoms with Gasteiger partial charge in [-0.05, 0) is 24.3 Å². The number of ketones is 1. The second-order valence-corrected chi connectivity index (χ2v) is 5.44. The number of Topliss-reactive ketones (excluding diaryl/α,β-unsaturated/α-hetero) is 1. The zero-order valence-electron chi connectivity index (χ0n) is 9.50. The van der Waals surface area contributed by atoms with Crippen molar-refractivity contribution in [3.63, 3.8) is 0 Å². The lowest BCUT2D eigenvalue weighted by atomic mass is 9.78. The van der Waals surface area contributed by atoms with E-state index in [9.17, 15) is 14.9 Å². The summed E-state index contributed by atoms with van der Waals surface area (Å²) in [5.41, 5.74) is 0. The number of nitro groups is 1. The number of thiophene rings is 1. The average molecular weight is 253 g/mol. The van der Waals surface area contributed by atoms with Crippen LogP contribution in [0.15, 0.2) is 17.5 Å². The Bertz CT molecular complexity index is 402. The third-order valence-corrected chi connectivity index (χ3v) is 4.35. The highest BCUT2D eigenvalue weighted by Gasteiger charge is 2.34. The summed E-state index contributed by atoms with van der Waals surface area (Å²) in [4.78, 5) is 23.3. The summed E-state index contributed by atoms with van der Waals surface area (Å²) >= 11 is 1.51. The van der Waals surface area contributed by atoms with Gasteiger partial charge in [0.05, 0.1) is 5.92 Å². The highest BCUT2D eigenvalue weighted by Crippen LogP contribution is 2.36. The second kappa shape index (κ2) is 5.40. The lowest BCUT2D eigenvalue weighted by Crippen LogP contribution is -2.29. The minimum Gasteiger partial charge on any atom is -0.299 e. The first-order chi connectivity index (χ1) is 8.18. The SMILES string of the molecule is O=C1CCCCC1[C@@H](C[N+](=O)[O-])c1cccs1. The predicted octanol–water partition coefficient (Wildman–Crippen LogP) is 2.87. The molecule has 2 atom stereocenters. The summed E-state index contributed by atoms with van der Waals surface area (Å²) in [6, 6.07) is 3.79. The van der Waals surface area contributed by atoms with Crippen LogP contribution in [0.4, 0.5) is 0 Å².